The molecule has 1 heterocycles. The number of hydrogen-bond acceptors (Lipinski definition) is 2. The topological polar surface area (TPSA) is 29.5 Å². The Morgan fingerprint density at radius 2 is 2.25 bits per heavy atom. The summed E-state index contributed by atoms with van der Waals surface area (Å²) in [6, 6.07) is 0.384. The lowest BCUT2D eigenvalue weighted by atomic mass is 10.2. The van der Waals surface area contributed by atoms with Gasteiger partial charge in [0.25, 0.3) is 0 Å². The minimum absolute atomic E-state index is 0.169. The van der Waals surface area contributed by atoms with Crippen LogP contribution in [-0.2, 0) is 4.74 Å². The molecule has 3 nitrogen and oxygen atoms in total. The van der Waals surface area contributed by atoms with Gasteiger partial charge in [-0.25, -0.2) is 4.79 Å². The van der Waals surface area contributed by atoms with Gasteiger partial charge in [0.1, 0.15) is 0 Å². The first-order valence-corrected chi connectivity index (χ1v) is 4.25. The van der Waals surface area contributed by atoms with Crippen LogP contribution in [0.1, 0.15) is 20.3 Å². The maximum atomic E-state index is 11.3. The van der Waals surface area contributed by atoms with Gasteiger partial charge in [0, 0.05) is 0 Å². The second kappa shape index (κ2) is 3.61. The maximum absolute atomic E-state index is 11.3. The van der Waals surface area contributed by atoms with E-state index in [1.54, 1.807) is 4.90 Å². The lowest BCUT2D eigenvalue weighted by Crippen LogP contribution is -2.40. The summed E-state index contributed by atoms with van der Waals surface area (Å²) in [4.78, 5) is 13.0. The van der Waals surface area contributed by atoms with Gasteiger partial charge in [-0.05, 0) is 13.3 Å². The minimum Gasteiger partial charge on any atom is -0.453 e. The molecule has 0 aromatic heterocycles. The molecule has 0 N–H and O–H groups in total. The van der Waals surface area contributed by atoms with Crippen LogP contribution in [-0.4, -0.2) is 30.2 Å². The summed E-state index contributed by atoms with van der Waals surface area (Å²) in [6.07, 6.45) is 4.79. The van der Waals surface area contributed by atoms with Gasteiger partial charge in [0.05, 0.1) is 19.2 Å². The molecule has 0 saturated carbocycles. The third-order valence-corrected chi connectivity index (χ3v) is 2.21. The third-order valence-electron chi connectivity index (χ3n) is 2.21. The molecule has 0 aromatic carbocycles. The van der Waals surface area contributed by atoms with Gasteiger partial charge in [0.15, 0.2) is 0 Å². The fourth-order valence-electron chi connectivity index (χ4n) is 1.52. The van der Waals surface area contributed by atoms with Crippen molar-refractivity contribution in [1.29, 1.82) is 0 Å². The van der Waals surface area contributed by atoms with Crippen LogP contribution in [0.15, 0.2) is 12.2 Å². The molecule has 1 aliphatic rings. The summed E-state index contributed by atoms with van der Waals surface area (Å²) in [7, 11) is 1.42. The molecule has 2 atom stereocenters. The van der Waals surface area contributed by atoms with Crippen molar-refractivity contribution in [2.24, 2.45) is 0 Å². The van der Waals surface area contributed by atoms with Crippen LogP contribution >= 0.6 is 0 Å². The Hall–Kier alpha value is -0.990. The highest BCUT2D eigenvalue weighted by Crippen LogP contribution is 2.19. The van der Waals surface area contributed by atoms with E-state index in [1.807, 2.05) is 13.0 Å². The Kier molecular flexibility index (Phi) is 2.74. The van der Waals surface area contributed by atoms with Crippen molar-refractivity contribution in [2.75, 3.05) is 7.11 Å². The normalized spacial score (nSPS) is 27.8. The Balaban J connectivity index is 2.68. The first-order chi connectivity index (χ1) is 5.70. The van der Waals surface area contributed by atoms with Crippen molar-refractivity contribution in [2.45, 2.75) is 32.4 Å². The SMILES string of the molecule is CCC1C=CC(C)N1C(=O)OC. The average molecular weight is 169 g/mol. The molecule has 0 spiro atoms. The standard InChI is InChI=1S/C9H15NO2/c1-4-8-6-5-7(2)10(8)9(11)12-3/h5-8H,4H2,1-3H3. The molecule has 12 heavy (non-hydrogen) atoms. The van der Waals surface area contributed by atoms with Crippen molar-refractivity contribution >= 4 is 6.09 Å². The van der Waals surface area contributed by atoms with Crippen LogP contribution in [0.3, 0.4) is 0 Å². The summed E-state index contributed by atoms with van der Waals surface area (Å²) in [6.45, 7) is 4.05. The fourth-order valence-corrected chi connectivity index (χ4v) is 1.52. The number of amides is 1. The molecule has 0 fully saturated rings. The quantitative estimate of drug-likeness (QED) is 0.560. The number of nitrogens with zero attached hydrogens (tertiary/aromatic N) is 1. The van der Waals surface area contributed by atoms with E-state index in [4.69, 9.17) is 0 Å². The predicted octanol–water partition coefficient (Wildman–Crippen LogP) is 1.79. The molecule has 0 aromatic rings. The Bertz CT molecular complexity index is 201. The molecule has 68 valence electrons. The number of carbonyl (C=O) groups excluding carboxylic acids is 1. The van der Waals surface area contributed by atoms with Gasteiger partial charge in [-0.1, -0.05) is 19.1 Å². The molecular weight excluding hydrogens is 154 g/mol. The van der Waals surface area contributed by atoms with E-state index in [-0.39, 0.29) is 18.2 Å². The predicted molar refractivity (Wildman–Crippen MR) is 46.9 cm³/mol. The van der Waals surface area contributed by atoms with Gasteiger partial charge in [-0.2, -0.15) is 0 Å². The number of methoxy groups -OCH3 is 1. The molecule has 1 aliphatic heterocycles. The molecule has 0 aliphatic carbocycles. The second-order valence-corrected chi connectivity index (χ2v) is 2.98. The van der Waals surface area contributed by atoms with E-state index < -0.39 is 0 Å². The number of rotatable bonds is 1. The van der Waals surface area contributed by atoms with Crippen LogP contribution in [0.2, 0.25) is 0 Å². The van der Waals surface area contributed by atoms with Crippen LogP contribution in [0.4, 0.5) is 4.79 Å². The zero-order valence-electron chi connectivity index (χ0n) is 7.78. The van der Waals surface area contributed by atoms with E-state index in [2.05, 4.69) is 17.7 Å². The first-order valence-electron chi connectivity index (χ1n) is 4.25. The smallest absolute Gasteiger partial charge is 0.410 e. The van der Waals surface area contributed by atoms with E-state index in [0.29, 0.717) is 0 Å². The van der Waals surface area contributed by atoms with Crippen LogP contribution in [0.5, 0.6) is 0 Å². The summed E-state index contributed by atoms with van der Waals surface area (Å²) in [5, 5.41) is 0. The highest BCUT2D eigenvalue weighted by atomic mass is 16.5. The monoisotopic (exact) mass is 169 g/mol. The molecule has 0 bridgehead atoms. The number of hydrogen-bond donors (Lipinski definition) is 0. The first kappa shape index (κ1) is 9.10. The van der Waals surface area contributed by atoms with E-state index >= 15 is 0 Å². The van der Waals surface area contributed by atoms with Gasteiger partial charge in [-0.3, -0.25) is 4.90 Å². The fraction of sp³-hybridized carbons (Fsp3) is 0.667. The Labute approximate surface area is 73.0 Å². The van der Waals surface area contributed by atoms with Crippen molar-refractivity contribution < 1.29 is 9.53 Å². The van der Waals surface area contributed by atoms with Gasteiger partial charge in [-0.15, -0.1) is 0 Å². The van der Waals surface area contributed by atoms with Gasteiger partial charge in [0.2, 0.25) is 0 Å². The van der Waals surface area contributed by atoms with Gasteiger partial charge >= 0.3 is 6.09 Å². The maximum Gasteiger partial charge on any atom is 0.410 e. The molecule has 0 radical (unpaired) electrons. The zero-order valence-corrected chi connectivity index (χ0v) is 7.78. The zero-order chi connectivity index (χ0) is 9.14. The molecular formula is C9H15NO2. The molecule has 0 saturated heterocycles. The Morgan fingerprint density at radius 3 is 2.75 bits per heavy atom. The summed E-state index contributed by atoms with van der Waals surface area (Å²) < 4.78 is 4.68. The van der Waals surface area contributed by atoms with Crippen LogP contribution < -0.4 is 0 Å². The van der Waals surface area contributed by atoms with Crippen LogP contribution in [0, 0.1) is 0 Å². The highest BCUT2D eigenvalue weighted by molar-refractivity contribution is 5.69. The second-order valence-electron chi connectivity index (χ2n) is 2.98. The third kappa shape index (κ3) is 1.44. The van der Waals surface area contributed by atoms with Crippen molar-refractivity contribution in [3.05, 3.63) is 12.2 Å². The molecule has 1 amide bonds. The van der Waals surface area contributed by atoms with Crippen molar-refractivity contribution in [1.82, 2.24) is 4.90 Å². The van der Waals surface area contributed by atoms with Crippen LogP contribution in [0.25, 0.3) is 0 Å². The summed E-state index contributed by atoms with van der Waals surface area (Å²) in [5.74, 6) is 0. The Morgan fingerprint density at radius 1 is 1.58 bits per heavy atom. The molecule has 2 unspecified atom stereocenters. The van der Waals surface area contributed by atoms with Crippen molar-refractivity contribution in [3.63, 3.8) is 0 Å². The minimum atomic E-state index is -0.237. The van der Waals surface area contributed by atoms with Crippen molar-refractivity contribution in [3.8, 4) is 0 Å². The summed E-state index contributed by atoms with van der Waals surface area (Å²) in [5.41, 5.74) is 0. The largest absolute Gasteiger partial charge is 0.453 e. The molecule has 1 rings (SSSR count). The van der Waals surface area contributed by atoms with Gasteiger partial charge < -0.3 is 4.74 Å². The molecule has 3 heteroatoms. The van der Waals surface area contributed by atoms with E-state index in [1.165, 1.54) is 7.11 Å². The lowest BCUT2D eigenvalue weighted by molar-refractivity contribution is 0.109. The van der Waals surface area contributed by atoms with E-state index in [0.717, 1.165) is 6.42 Å². The highest BCUT2D eigenvalue weighted by Gasteiger charge is 2.29. The van der Waals surface area contributed by atoms with E-state index in [9.17, 15) is 4.79 Å². The lowest BCUT2D eigenvalue weighted by Gasteiger charge is -2.26. The summed E-state index contributed by atoms with van der Waals surface area (Å²) >= 11 is 0. The number of ether oxygens (including phenoxy) is 1. The average Bonchev–Trinajstić information content (AvgIpc) is 2.45. The number of carbonyl (C=O) groups is 1.